The van der Waals surface area contributed by atoms with Crippen LogP contribution in [-0.4, -0.2) is 11.4 Å². The topological polar surface area (TPSA) is 42.0 Å². The summed E-state index contributed by atoms with van der Waals surface area (Å²) in [6.07, 6.45) is 0.682. The predicted molar refractivity (Wildman–Crippen MR) is 60.5 cm³/mol. The summed E-state index contributed by atoms with van der Waals surface area (Å²) in [5.74, 6) is 0. The lowest BCUT2D eigenvalue weighted by atomic mass is 10.2. The van der Waals surface area contributed by atoms with E-state index in [1.807, 2.05) is 35.7 Å². The zero-order valence-corrected chi connectivity index (χ0v) is 8.83. The third-order valence-electron chi connectivity index (χ3n) is 1.94. The molecule has 0 atom stereocenters. The zero-order chi connectivity index (χ0) is 10.5. The number of aromatic nitrogens is 1. The largest absolute Gasteiger partial charge is 0.353 e. The van der Waals surface area contributed by atoms with E-state index in [-0.39, 0.29) is 0 Å². The molecule has 0 fully saturated rings. The number of carbonyl (C=O) groups excluding carboxylic acids is 1. The smallest absolute Gasteiger partial charge is 0.207 e. The van der Waals surface area contributed by atoms with Crippen molar-refractivity contribution in [1.29, 1.82) is 0 Å². The minimum atomic E-state index is 0.493. The fourth-order valence-electron chi connectivity index (χ4n) is 1.25. The summed E-state index contributed by atoms with van der Waals surface area (Å²) in [6.45, 7) is 0.493. The molecule has 3 nitrogen and oxygen atoms in total. The van der Waals surface area contributed by atoms with E-state index in [0.29, 0.717) is 13.0 Å². The first-order valence-electron chi connectivity index (χ1n) is 4.57. The van der Waals surface area contributed by atoms with Crippen molar-refractivity contribution >= 4 is 17.7 Å². The number of hydrogen-bond acceptors (Lipinski definition) is 3. The van der Waals surface area contributed by atoms with Crippen molar-refractivity contribution in [3.63, 3.8) is 0 Å². The lowest BCUT2D eigenvalue weighted by Gasteiger charge is -1.94. The fourth-order valence-corrected chi connectivity index (χ4v) is 2.07. The monoisotopic (exact) mass is 218 g/mol. The molecule has 2 rings (SSSR count). The third-order valence-corrected chi connectivity index (χ3v) is 2.88. The highest BCUT2D eigenvalue weighted by Crippen LogP contribution is 2.22. The molecule has 0 spiro atoms. The summed E-state index contributed by atoms with van der Waals surface area (Å²) in [5, 5.41) is 5.53. The van der Waals surface area contributed by atoms with Crippen LogP contribution in [0.25, 0.3) is 10.6 Å². The highest BCUT2D eigenvalue weighted by molar-refractivity contribution is 7.13. The van der Waals surface area contributed by atoms with Crippen LogP contribution in [0.2, 0.25) is 0 Å². The Morgan fingerprint density at radius 2 is 2.13 bits per heavy atom. The molecule has 1 aromatic carbocycles. The van der Waals surface area contributed by atoms with Crippen LogP contribution in [0, 0.1) is 0 Å². The molecule has 0 aliphatic rings. The average molecular weight is 218 g/mol. The van der Waals surface area contributed by atoms with E-state index in [1.54, 1.807) is 11.3 Å². The van der Waals surface area contributed by atoms with Crippen LogP contribution in [0.4, 0.5) is 0 Å². The molecular formula is C11H10N2OS. The maximum Gasteiger partial charge on any atom is 0.207 e. The van der Waals surface area contributed by atoms with Crippen LogP contribution in [0.1, 0.15) is 5.69 Å². The van der Waals surface area contributed by atoms with Crippen molar-refractivity contribution in [1.82, 2.24) is 10.3 Å². The summed E-state index contributed by atoms with van der Waals surface area (Å²) in [7, 11) is 0. The van der Waals surface area contributed by atoms with Gasteiger partial charge in [-0.2, -0.15) is 0 Å². The molecular weight excluding hydrogens is 208 g/mol. The van der Waals surface area contributed by atoms with Gasteiger partial charge >= 0.3 is 0 Å². The summed E-state index contributed by atoms with van der Waals surface area (Å²) in [4.78, 5) is 14.5. The van der Waals surface area contributed by atoms with E-state index in [2.05, 4.69) is 10.3 Å². The molecule has 4 heteroatoms. The fraction of sp³-hybridized carbons (Fsp3) is 0.0909. The zero-order valence-electron chi connectivity index (χ0n) is 8.01. The second-order valence-corrected chi connectivity index (χ2v) is 3.87. The van der Waals surface area contributed by atoms with Gasteiger partial charge < -0.3 is 5.32 Å². The first-order chi connectivity index (χ1) is 7.40. The van der Waals surface area contributed by atoms with Gasteiger partial charge in [0.2, 0.25) is 6.41 Å². The Balaban J connectivity index is 2.17. The van der Waals surface area contributed by atoms with E-state index in [4.69, 9.17) is 0 Å². The van der Waals surface area contributed by atoms with Gasteiger partial charge in [0.05, 0.1) is 12.2 Å². The molecule has 1 heterocycles. The molecule has 0 aliphatic carbocycles. The summed E-state index contributed by atoms with van der Waals surface area (Å²) < 4.78 is 0. The standard InChI is InChI=1S/C11H10N2OS/c14-8-12-6-10-7-15-11(13-10)9-4-2-1-3-5-9/h1-5,7-8H,6H2,(H,12,14). The molecule has 76 valence electrons. The summed E-state index contributed by atoms with van der Waals surface area (Å²) >= 11 is 1.59. The van der Waals surface area contributed by atoms with E-state index in [1.165, 1.54) is 0 Å². The highest BCUT2D eigenvalue weighted by Gasteiger charge is 2.02. The van der Waals surface area contributed by atoms with Crippen molar-refractivity contribution < 1.29 is 4.79 Å². The SMILES string of the molecule is O=CNCc1csc(-c2ccccc2)n1. The molecule has 0 saturated carbocycles. The van der Waals surface area contributed by atoms with E-state index < -0.39 is 0 Å². The molecule has 0 unspecified atom stereocenters. The van der Waals surface area contributed by atoms with Gasteiger partial charge in [-0.15, -0.1) is 11.3 Å². The number of nitrogens with one attached hydrogen (secondary N) is 1. The molecule has 0 radical (unpaired) electrons. The average Bonchev–Trinajstić information content (AvgIpc) is 2.76. The van der Waals surface area contributed by atoms with Crippen molar-refractivity contribution in [3.05, 3.63) is 41.4 Å². The van der Waals surface area contributed by atoms with Crippen LogP contribution in [0.15, 0.2) is 35.7 Å². The number of thiazole rings is 1. The second-order valence-electron chi connectivity index (χ2n) is 3.01. The van der Waals surface area contributed by atoms with E-state index in [0.717, 1.165) is 16.3 Å². The second kappa shape index (κ2) is 4.70. The van der Waals surface area contributed by atoms with Gasteiger partial charge in [0.1, 0.15) is 5.01 Å². The number of rotatable bonds is 4. The Bertz CT molecular complexity index is 439. The van der Waals surface area contributed by atoms with Crippen molar-refractivity contribution in [2.24, 2.45) is 0 Å². The Morgan fingerprint density at radius 3 is 2.87 bits per heavy atom. The van der Waals surface area contributed by atoms with E-state index >= 15 is 0 Å². The third kappa shape index (κ3) is 2.41. The van der Waals surface area contributed by atoms with Gasteiger partial charge in [0.15, 0.2) is 0 Å². The Morgan fingerprint density at radius 1 is 1.33 bits per heavy atom. The van der Waals surface area contributed by atoms with Crippen molar-refractivity contribution in [2.75, 3.05) is 0 Å². The molecule has 2 aromatic rings. The van der Waals surface area contributed by atoms with Gasteiger partial charge in [-0.05, 0) is 0 Å². The van der Waals surface area contributed by atoms with Gasteiger partial charge in [0, 0.05) is 10.9 Å². The highest BCUT2D eigenvalue weighted by atomic mass is 32.1. The molecule has 0 saturated heterocycles. The lowest BCUT2D eigenvalue weighted by molar-refractivity contribution is -0.109. The van der Waals surface area contributed by atoms with Gasteiger partial charge in [0.25, 0.3) is 0 Å². The van der Waals surface area contributed by atoms with Crippen molar-refractivity contribution in [3.8, 4) is 10.6 Å². The van der Waals surface area contributed by atoms with Crippen LogP contribution < -0.4 is 5.32 Å². The number of amides is 1. The van der Waals surface area contributed by atoms with Gasteiger partial charge in [-0.25, -0.2) is 4.98 Å². The minimum Gasteiger partial charge on any atom is -0.353 e. The Labute approximate surface area is 91.8 Å². The Kier molecular flexibility index (Phi) is 3.09. The molecule has 0 bridgehead atoms. The Hall–Kier alpha value is -1.68. The van der Waals surface area contributed by atoms with Gasteiger partial charge in [-0.3, -0.25) is 4.79 Å². The van der Waals surface area contributed by atoms with Crippen molar-refractivity contribution in [2.45, 2.75) is 6.54 Å². The van der Waals surface area contributed by atoms with Crippen LogP contribution in [-0.2, 0) is 11.3 Å². The minimum absolute atomic E-state index is 0.493. The molecule has 0 aliphatic heterocycles. The number of nitrogens with zero attached hydrogens (tertiary/aromatic N) is 1. The summed E-state index contributed by atoms with van der Waals surface area (Å²) in [5.41, 5.74) is 2.01. The molecule has 15 heavy (non-hydrogen) atoms. The normalized spacial score (nSPS) is 9.87. The quantitative estimate of drug-likeness (QED) is 0.798. The predicted octanol–water partition coefficient (Wildman–Crippen LogP) is 2.06. The first-order valence-corrected chi connectivity index (χ1v) is 5.45. The molecule has 1 N–H and O–H groups in total. The molecule has 1 amide bonds. The number of benzene rings is 1. The maximum atomic E-state index is 10.1. The molecule has 1 aromatic heterocycles. The van der Waals surface area contributed by atoms with Crippen LogP contribution in [0.3, 0.4) is 0 Å². The lowest BCUT2D eigenvalue weighted by Crippen LogP contribution is -2.09. The van der Waals surface area contributed by atoms with E-state index in [9.17, 15) is 4.79 Å². The maximum absolute atomic E-state index is 10.1. The number of hydrogen-bond donors (Lipinski definition) is 1. The van der Waals surface area contributed by atoms with Gasteiger partial charge in [-0.1, -0.05) is 30.3 Å². The van der Waals surface area contributed by atoms with Crippen LogP contribution in [0.5, 0.6) is 0 Å². The first kappa shape index (κ1) is 9.86. The number of carbonyl (C=O) groups is 1. The van der Waals surface area contributed by atoms with Crippen LogP contribution >= 0.6 is 11.3 Å². The summed E-state index contributed by atoms with van der Waals surface area (Å²) in [6, 6.07) is 10.00.